The van der Waals surface area contributed by atoms with Gasteiger partial charge in [0.15, 0.2) is 0 Å². The molecule has 2 aromatic carbocycles. The van der Waals surface area contributed by atoms with E-state index in [1.165, 1.54) is 0 Å². The average Bonchev–Trinajstić information content (AvgIpc) is 2.93. The SMILES string of the molecule is COc1ccc2c(c1)C(CCC#N)(CCC#N)c1cc(OC)ccc1-2. The molecule has 126 valence electrons. The Hall–Kier alpha value is -2.98. The van der Waals surface area contributed by atoms with Gasteiger partial charge in [-0.25, -0.2) is 0 Å². The van der Waals surface area contributed by atoms with Crippen molar-refractivity contribution in [1.82, 2.24) is 0 Å². The van der Waals surface area contributed by atoms with Gasteiger partial charge in [-0.05, 0) is 59.4 Å². The number of rotatable bonds is 6. The molecule has 0 saturated carbocycles. The first-order valence-corrected chi connectivity index (χ1v) is 8.31. The molecule has 0 amide bonds. The normalized spacial score (nSPS) is 13.3. The third-order valence-electron chi connectivity index (χ3n) is 5.10. The molecule has 1 aliphatic carbocycles. The second kappa shape index (κ2) is 6.87. The Morgan fingerprint density at radius 2 is 1.24 bits per heavy atom. The van der Waals surface area contributed by atoms with E-state index in [0.29, 0.717) is 25.7 Å². The van der Waals surface area contributed by atoms with Gasteiger partial charge in [0, 0.05) is 18.3 Å². The van der Waals surface area contributed by atoms with Crippen LogP contribution in [-0.4, -0.2) is 14.2 Å². The van der Waals surface area contributed by atoms with E-state index in [1.807, 2.05) is 12.1 Å². The number of nitrogens with zero attached hydrogens (tertiary/aromatic N) is 2. The molecule has 0 bridgehead atoms. The van der Waals surface area contributed by atoms with Crippen LogP contribution >= 0.6 is 0 Å². The first-order valence-electron chi connectivity index (χ1n) is 8.31. The van der Waals surface area contributed by atoms with Crippen molar-refractivity contribution in [3.63, 3.8) is 0 Å². The summed E-state index contributed by atoms with van der Waals surface area (Å²) >= 11 is 0. The minimum absolute atomic E-state index is 0.362. The zero-order valence-corrected chi connectivity index (χ0v) is 14.5. The topological polar surface area (TPSA) is 66.0 Å². The molecular weight excluding hydrogens is 312 g/mol. The molecule has 0 aromatic heterocycles. The maximum atomic E-state index is 9.20. The molecule has 4 heteroatoms. The lowest BCUT2D eigenvalue weighted by molar-refractivity contribution is 0.405. The predicted octanol–water partition coefficient (Wildman–Crippen LogP) is 4.58. The van der Waals surface area contributed by atoms with Gasteiger partial charge >= 0.3 is 0 Å². The van der Waals surface area contributed by atoms with Crippen LogP contribution in [0.5, 0.6) is 11.5 Å². The van der Waals surface area contributed by atoms with Crippen LogP contribution in [0.2, 0.25) is 0 Å². The lowest BCUT2D eigenvalue weighted by atomic mass is 9.71. The van der Waals surface area contributed by atoms with Crippen LogP contribution in [0.1, 0.15) is 36.8 Å². The number of nitriles is 2. The smallest absolute Gasteiger partial charge is 0.119 e. The number of hydrogen-bond acceptors (Lipinski definition) is 4. The van der Waals surface area contributed by atoms with Crippen molar-refractivity contribution in [3.8, 4) is 34.8 Å². The van der Waals surface area contributed by atoms with E-state index in [2.05, 4.69) is 36.4 Å². The van der Waals surface area contributed by atoms with Crippen molar-refractivity contribution in [1.29, 1.82) is 10.5 Å². The summed E-state index contributed by atoms with van der Waals surface area (Å²) in [5, 5.41) is 18.4. The van der Waals surface area contributed by atoms with Gasteiger partial charge in [0.1, 0.15) is 11.5 Å². The summed E-state index contributed by atoms with van der Waals surface area (Å²) in [7, 11) is 3.30. The highest BCUT2D eigenvalue weighted by molar-refractivity contribution is 5.82. The Kier molecular flexibility index (Phi) is 4.63. The highest BCUT2D eigenvalue weighted by atomic mass is 16.5. The van der Waals surface area contributed by atoms with E-state index >= 15 is 0 Å². The minimum atomic E-state index is -0.362. The number of fused-ring (bicyclic) bond motifs is 3. The largest absolute Gasteiger partial charge is 0.497 e. The Bertz CT molecular complexity index is 801. The zero-order chi connectivity index (χ0) is 17.9. The summed E-state index contributed by atoms with van der Waals surface area (Å²) in [6, 6.07) is 16.7. The molecule has 0 saturated heterocycles. The van der Waals surface area contributed by atoms with Gasteiger partial charge in [-0.2, -0.15) is 10.5 Å². The maximum absolute atomic E-state index is 9.20. The molecule has 1 aliphatic rings. The minimum Gasteiger partial charge on any atom is -0.497 e. The van der Waals surface area contributed by atoms with Crippen molar-refractivity contribution in [2.45, 2.75) is 31.1 Å². The fourth-order valence-corrected chi connectivity index (χ4v) is 3.91. The first kappa shape index (κ1) is 16.9. The van der Waals surface area contributed by atoms with Crippen molar-refractivity contribution < 1.29 is 9.47 Å². The Morgan fingerprint density at radius 1 is 0.800 bits per heavy atom. The zero-order valence-electron chi connectivity index (χ0n) is 14.5. The second-order valence-electron chi connectivity index (χ2n) is 6.22. The number of hydrogen-bond donors (Lipinski definition) is 0. The average molecular weight is 332 g/mol. The standard InChI is InChI=1S/C21H20N2O2/c1-24-15-5-7-17-18-8-6-16(25-2)14-20(18)21(9-3-11-22,10-4-12-23)19(17)13-15/h5-8,13-14H,3-4,9-10H2,1-2H3. The summed E-state index contributed by atoms with van der Waals surface area (Å²) in [6.07, 6.45) is 2.20. The Balaban J connectivity index is 2.27. The summed E-state index contributed by atoms with van der Waals surface area (Å²) in [5.74, 6) is 1.58. The Labute approximate surface area is 148 Å². The van der Waals surface area contributed by atoms with Crippen molar-refractivity contribution >= 4 is 0 Å². The second-order valence-corrected chi connectivity index (χ2v) is 6.22. The van der Waals surface area contributed by atoms with Crippen LogP contribution in [0, 0.1) is 22.7 Å². The monoisotopic (exact) mass is 332 g/mol. The maximum Gasteiger partial charge on any atom is 0.119 e. The van der Waals surface area contributed by atoms with Crippen LogP contribution in [0.25, 0.3) is 11.1 Å². The highest BCUT2D eigenvalue weighted by Crippen LogP contribution is 2.55. The number of benzene rings is 2. The third kappa shape index (κ3) is 2.71. The fraction of sp³-hybridized carbons (Fsp3) is 0.333. The summed E-state index contributed by atoms with van der Waals surface area (Å²) in [4.78, 5) is 0. The van der Waals surface area contributed by atoms with E-state index in [0.717, 1.165) is 33.8 Å². The van der Waals surface area contributed by atoms with E-state index in [9.17, 15) is 10.5 Å². The molecule has 0 fully saturated rings. The van der Waals surface area contributed by atoms with E-state index in [4.69, 9.17) is 9.47 Å². The van der Waals surface area contributed by atoms with Gasteiger partial charge in [0.2, 0.25) is 0 Å². The number of methoxy groups -OCH3 is 2. The lowest BCUT2D eigenvalue weighted by Crippen LogP contribution is -2.25. The lowest BCUT2D eigenvalue weighted by Gasteiger charge is -2.31. The predicted molar refractivity (Wildman–Crippen MR) is 95.5 cm³/mol. The molecule has 0 atom stereocenters. The van der Waals surface area contributed by atoms with Crippen molar-refractivity contribution in [2.24, 2.45) is 0 Å². The molecule has 0 heterocycles. The molecule has 0 unspecified atom stereocenters. The highest BCUT2D eigenvalue weighted by Gasteiger charge is 2.43. The van der Waals surface area contributed by atoms with Crippen LogP contribution < -0.4 is 9.47 Å². The van der Waals surface area contributed by atoms with Gasteiger partial charge in [0.05, 0.1) is 26.4 Å². The van der Waals surface area contributed by atoms with Gasteiger partial charge in [0.25, 0.3) is 0 Å². The molecule has 0 aliphatic heterocycles. The van der Waals surface area contributed by atoms with Crippen LogP contribution in [0.15, 0.2) is 36.4 Å². The molecule has 4 nitrogen and oxygen atoms in total. The van der Waals surface area contributed by atoms with Gasteiger partial charge in [-0.15, -0.1) is 0 Å². The van der Waals surface area contributed by atoms with E-state index in [1.54, 1.807) is 14.2 Å². The number of ether oxygens (including phenoxy) is 2. The van der Waals surface area contributed by atoms with Crippen molar-refractivity contribution in [2.75, 3.05) is 14.2 Å². The summed E-state index contributed by atoms with van der Waals surface area (Å²) < 4.78 is 10.9. The molecule has 0 N–H and O–H groups in total. The van der Waals surface area contributed by atoms with Gasteiger partial charge in [-0.1, -0.05) is 12.1 Å². The van der Waals surface area contributed by atoms with E-state index in [-0.39, 0.29) is 5.41 Å². The molecule has 25 heavy (non-hydrogen) atoms. The summed E-state index contributed by atoms with van der Waals surface area (Å²) in [6.45, 7) is 0. The summed E-state index contributed by atoms with van der Waals surface area (Å²) in [5.41, 5.74) is 4.21. The van der Waals surface area contributed by atoms with E-state index < -0.39 is 0 Å². The van der Waals surface area contributed by atoms with Gasteiger partial charge in [-0.3, -0.25) is 0 Å². The van der Waals surface area contributed by atoms with Gasteiger partial charge < -0.3 is 9.47 Å². The van der Waals surface area contributed by atoms with Crippen molar-refractivity contribution in [3.05, 3.63) is 47.5 Å². The van der Waals surface area contributed by atoms with Crippen LogP contribution in [-0.2, 0) is 5.41 Å². The molecule has 0 spiro atoms. The molecule has 0 radical (unpaired) electrons. The molecular formula is C21H20N2O2. The Morgan fingerprint density at radius 3 is 1.60 bits per heavy atom. The van der Waals surface area contributed by atoms with Crippen LogP contribution in [0.4, 0.5) is 0 Å². The fourth-order valence-electron chi connectivity index (χ4n) is 3.91. The third-order valence-corrected chi connectivity index (χ3v) is 5.10. The quantitative estimate of drug-likeness (QED) is 0.776. The molecule has 3 rings (SSSR count). The first-order chi connectivity index (χ1) is 12.2. The molecule has 2 aromatic rings. The van der Waals surface area contributed by atoms with Crippen LogP contribution in [0.3, 0.4) is 0 Å².